The monoisotopic (exact) mass is 408 g/mol. The molecule has 2 aromatic heterocycles. The number of hydrogen-bond donors (Lipinski definition) is 2. The summed E-state index contributed by atoms with van der Waals surface area (Å²) in [6, 6.07) is 5.35. The van der Waals surface area contributed by atoms with Crippen LogP contribution in [0.1, 0.15) is 56.2 Å². The molecular formula is C22H25FN6O. The standard InChI is InChI=1S/C22H25FN6O/c1-2-3-7-14-10-19(29-22(25)28-14)30-21-15(13-5-4-6-13)8-9-16(20(21)23)17-11-27-18(24)12-26-17/h8-13H,2-7H2,1H3,(H2,24,27)(H2,25,28,29). The Kier molecular flexibility index (Phi) is 5.74. The van der Waals surface area contributed by atoms with E-state index in [1.807, 2.05) is 6.07 Å². The molecule has 4 N–H and O–H groups in total. The van der Waals surface area contributed by atoms with Gasteiger partial charge in [-0.3, -0.25) is 4.98 Å². The summed E-state index contributed by atoms with van der Waals surface area (Å²) in [5, 5.41) is 0. The number of nitrogens with zero attached hydrogens (tertiary/aromatic N) is 4. The number of ether oxygens (including phenoxy) is 1. The van der Waals surface area contributed by atoms with Crippen LogP contribution in [0.3, 0.4) is 0 Å². The third-order valence-electron chi connectivity index (χ3n) is 5.39. The van der Waals surface area contributed by atoms with Gasteiger partial charge in [0.15, 0.2) is 11.6 Å². The molecule has 0 bridgehead atoms. The molecule has 8 heteroatoms. The van der Waals surface area contributed by atoms with Crippen LogP contribution in [0, 0.1) is 5.82 Å². The number of hydrogen-bond acceptors (Lipinski definition) is 7. The minimum Gasteiger partial charge on any atom is -0.435 e. The van der Waals surface area contributed by atoms with E-state index in [-0.39, 0.29) is 29.3 Å². The van der Waals surface area contributed by atoms with Crippen LogP contribution in [-0.4, -0.2) is 19.9 Å². The lowest BCUT2D eigenvalue weighted by atomic mass is 9.79. The van der Waals surface area contributed by atoms with Gasteiger partial charge in [-0.1, -0.05) is 25.8 Å². The SMILES string of the molecule is CCCCc1cc(Oc2c(C3CCC3)ccc(-c3cnc(N)cn3)c2F)nc(N)n1. The molecule has 2 heterocycles. The number of nitrogens with two attached hydrogens (primary N) is 2. The first-order chi connectivity index (χ1) is 14.5. The third-order valence-corrected chi connectivity index (χ3v) is 5.39. The Balaban J connectivity index is 1.74. The van der Waals surface area contributed by atoms with Crippen molar-refractivity contribution in [3.63, 3.8) is 0 Å². The largest absolute Gasteiger partial charge is 0.435 e. The summed E-state index contributed by atoms with van der Waals surface area (Å²) in [6.45, 7) is 2.10. The zero-order valence-corrected chi connectivity index (χ0v) is 16.9. The van der Waals surface area contributed by atoms with Crippen molar-refractivity contribution in [2.45, 2.75) is 51.4 Å². The summed E-state index contributed by atoms with van der Waals surface area (Å²) in [4.78, 5) is 16.6. The number of rotatable bonds is 7. The molecule has 30 heavy (non-hydrogen) atoms. The van der Waals surface area contributed by atoms with Crippen LogP contribution in [0.15, 0.2) is 30.6 Å². The molecule has 7 nitrogen and oxygen atoms in total. The van der Waals surface area contributed by atoms with Crippen molar-refractivity contribution in [3.05, 3.63) is 47.7 Å². The van der Waals surface area contributed by atoms with E-state index in [0.29, 0.717) is 11.3 Å². The van der Waals surface area contributed by atoms with Gasteiger partial charge in [0.05, 0.1) is 18.1 Å². The van der Waals surface area contributed by atoms with Crippen LogP contribution >= 0.6 is 0 Å². The predicted molar refractivity (Wildman–Crippen MR) is 114 cm³/mol. The van der Waals surface area contributed by atoms with Gasteiger partial charge in [0.25, 0.3) is 0 Å². The lowest BCUT2D eigenvalue weighted by Crippen LogP contribution is -2.12. The average Bonchev–Trinajstić information content (AvgIpc) is 2.68. The van der Waals surface area contributed by atoms with E-state index in [9.17, 15) is 0 Å². The van der Waals surface area contributed by atoms with E-state index in [2.05, 4.69) is 26.9 Å². The fourth-order valence-electron chi connectivity index (χ4n) is 3.53. The topological polar surface area (TPSA) is 113 Å². The van der Waals surface area contributed by atoms with Crippen molar-refractivity contribution in [2.24, 2.45) is 0 Å². The zero-order valence-electron chi connectivity index (χ0n) is 16.9. The Hall–Kier alpha value is -3.29. The summed E-state index contributed by atoms with van der Waals surface area (Å²) in [5.41, 5.74) is 13.8. The van der Waals surface area contributed by atoms with Crippen molar-refractivity contribution in [3.8, 4) is 22.9 Å². The van der Waals surface area contributed by atoms with Crippen molar-refractivity contribution >= 4 is 11.8 Å². The smallest absolute Gasteiger partial charge is 0.224 e. The third kappa shape index (κ3) is 4.17. The van der Waals surface area contributed by atoms with Crippen LogP contribution in [-0.2, 0) is 6.42 Å². The first-order valence-electron chi connectivity index (χ1n) is 10.3. The lowest BCUT2D eigenvalue weighted by molar-refractivity contribution is 0.378. The number of unbranched alkanes of at least 4 members (excludes halogenated alkanes) is 1. The summed E-state index contributed by atoms with van der Waals surface area (Å²) in [7, 11) is 0. The molecule has 4 rings (SSSR count). The number of benzene rings is 1. The number of anilines is 2. The summed E-state index contributed by atoms with van der Waals surface area (Å²) < 4.78 is 21.6. The molecule has 0 spiro atoms. The lowest BCUT2D eigenvalue weighted by Gasteiger charge is -2.28. The zero-order chi connectivity index (χ0) is 21.1. The number of aryl methyl sites for hydroxylation is 1. The molecule has 1 aliphatic rings. The molecule has 1 fully saturated rings. The maximum Gasteiger partial charge on any atom is 0.224 e. The minimum atomic E-state index is -0.495. The summed E-state index contributed by atoms with van der Waals surface area (Å²) in [6.07, 6.45) is 8.76. The van der Waals surface area contributed by atoms with Gasteiger partial charge < -0.3 is 16.2 Å². The first-order valence-corrected chi connectivity index (χ1v) is 10.3. The molecule has 0 atom stereocenters. The Morgan fingerprint density at radius 1 is 1.13 bits per heavy atom. The molecule has 1 aromatic carbocycles. The van der Waals surface area contributed by atoms with E-state index in [1.165, 1.54) is 12.4 Å². The van der Waals surface area contributed by atoms with Crippen LogP contribution in [0.25, 0.3) is 11.3 Å². The van der Waals surface area contributed by atoms with Crippen molar-refractivity contribution in [2.75, 3.05) is 11.5 Å². The van der Waals surface area contributed by atoms with Gasteiger partial charge in [-0.05, 0) is 37.7 Å². The molecule has 3 aromatic rings. The fraction of sp³-hybridized carbons (Fsp3) is 0.364. The molecule has 0 unspecified atom stereocenters. The Morgan fingerprint density at radius 2 is 1.97 bits per heavy atom. The number of nitrogen functional groups attached to an aromatic ring is 2. The number of aromatic nitrogens is 4. The molecule has 0 radical (unpaired) electrons. The molecule has 0 aliphatic heterocycles. The van der Waals surface area contributed by atoms with Crippen LogP contribution in [0.2, 0.25) is 0 Å². The average molecular weight is 408 g/mol. The molecule has 1 saturated carbocycles. The highest BCUT2D eigenvalue weighted by Crippen LogP contribution is 2.44. The fourth-order valence-corrected chi connectivity index (χ4v) is 3.53. The number of halogens is 1. The highest BCUT2D eigenvalue weighted by Gasteiger charge is 2.27. The van der Waals surface area contributed by atoms with Crippen LogP contribution < -0.4 is 16.2 Å². The van der Waals surface area contributed by atoms with Gasteiger partial charge >= 0.3 is 0 Å². The summed E-state index contributed by atoms with van der Waals surface area (Å²) >= 11 is 0. The van der Waals surface area contributed by atoms with Gasteiger partial charge in [0.1, 0.15) is 5.82 Å². The van der Waals surface area contributed by atoms with Gasteiger partial charge in [0.2, 0.25) is 11.8 Å². The van der Waals surface area contributed by atoms with Crippen molar-refractivity contribution < 1.29 is 9.13 Å². The molecule has 1 aliphatic carbocycles. The Labute approximate surface area is 174 Å². The second-order valence-electron chi connectivity index (χ2n) is 7.56. The Morgan fingerprint density at radius 3 is 2.63 bits per heavy atom. The van der Waals surface area contributed by atoms with E-state index in [1.54, 1.807) is 12.1 Å². The van der Waals surface area contributed by atoms with Gasteiger partial charge in [-0.15, -0.1) is 0 Å². The van der Waals surface area contributed by atoms with Gasteiger partial charge in [-0.2, -0.15) is 4.98 Å². The van der Waals surface area contributed by atoms with Crippen molar-refractivity contribution in [1.82, 2.24) is 19.9 Å². The van der Waals surface area contributed by atoms with Crippen LogP contribution in [0.5, 0.6) is 11.6 Å². The van der Waals surface area contributed by atoms with E-state index >= 15 is 4.39 Å². The minimum absolute atomic E-state index is 0.116. The normalized spacial score (nSPS) is 13.8. The van der Waals surface area contributed by atoms with Crippen molar-refractivity contribution in [1.29, 1.82) is 0 Å². The van der Waals surface area contributed by atoms with E-state index in [4.69, 9.17) is 16.2 Å². The quantitative estimate of drug-likeness (QED) is 0.585. The molecule has 0 saturated heterocycles. The van der Waals surface area contributed by atoms with Gasteiger partial charge in [0, 0.05) is 22.9 Å². The van der Waals surface area contributed by atoms with Gasteiger partial charge in [-0.25, -0.2) is 14.4 Å². The van der Waals surface area contributed by atoms with Crippen LogP contribution in [0.4, 0.5) is 16.2 Å². The van der Waals surface area contributed by atoms with E-state index < -0.39 is 5.82 Å². The molecule has 156 valence electrons. The Bertz CT molecular complexity index is 1040. The molecular weight excluding hydrogens is 383 g/mol. The molecule has 0 amide bonds. The van der Waals surface area contributed by atoms with E-state index in [0.717, 1.165) is 49.8 Å². The second-order valence-corrected chi connectivity index (χ2v) is 7.56. The maximum absolute atomic E-state index is 15.6. The predicted octanol–water partition coefficient (Wildman–Crippen LogP) is 4.64. The highest BCUT2D eigenvalue weighted by atomic mass is 19.1. The second kappa shape index (κ2) is 8.61. The summed E-state index contributed by atoms with van der Waals surface area (Å²) in [5.74, 6) is 0.567. The highest BCUT2D eigenvalue weighted by molar-refractivity contribution is 5.64. The first kappa shape index (κ1) is 20.0. The maximum atomic E-state index is 15.6.